The van der Waals surface area contributed by atoms with Crippen molar-refractivity contribution in [2.45, 2.75) is 26.3 Å². The van der Waals surface area contributed by atoms with Crippen LogP contribution >= 0.6 is 11.6 Å². The third-order valence-electron chi connectivity index (χ3n) is 4.46. The van der Waals surface area contributed by atoms with Gasteiger partial charge in [-0.15, -0.1) is 0 Å². The molecule has 132 valence electrons. The summed E-state index contributed by atoms with van der Waals surface area (Å²) < 4.78 is 0. The number of hydrogen-bond acceptors (Lipinski definition) is 6. The molecule has 1 fully saturated rings. The van der Waals surface area contributed by atoms with E-state index >= 15 is 0 Å². The Morgan fingerprint density at radius 1 is 1.28 bits per heavy atom. The minimum absolute atomic E-state index is 0.0859. The number of benzene rings is 1. The molecule has 8 heteroatoms. The largest absolute Gasteiger partial charge is 0.348 e. The Hall–Kier alpha value is -2.25. The van der Waals surface area contributed by atoms with Crippen molar-refractivity contribution >= 4 is 28.8 Å². The second-order valence-electron chi connectivity index (χ2n) is 6.40. The summed E-state index contributed by atoms with van der Waals surface area (Å²) in [6.07, 6.45) is 3.69. The first-order valence-electron chi connectivity index (χ1n) is 8.26. The molecule has 0 atom stereocenters. The van der Waals surface area contributed by atoms with E-state index in [9.17, 15) is 10.1 Å². The van der Waals surface area contributed by atoms with Crippen LogP contribution in [0.1, 0.15) is 25.3 Å². The summed E-state index contributed by atoms with van der Waals surface area (Å²) in [4.78, 5) is 20.6. The maximum absolute atomic E-state index is 11.1. The number of piperidine rings is 1. The van der Waals surface area contributed by atoms with E-state index in [-0.39, 0.29) is 16.7 Å². The van der Waals surface area contributed by atoms with Crippen molar-refractivity contribution in [2.75, 3.05) is 18.4 Å². The first-order chi connectivity index (χ1) is 12.0. The van der Waals surface area contributed by atoms with Gasteiger partial charge in [0, 0.05) is 12.2 Å². The molecule has 0 spiro atoms. The zero-order valence-electron chi connectivity index (χ0n) is 14.0. The highest BCUT2D eigenvalue weighted by Gasteiger charge is 2.21. The van der Waals surface area contributed by atoms with Gasteiger partial charge >= 0.3 is 5.69 Å². The molecule has 0 amide bonds. The number of anilines is 2. The van der Waals surface area contributed by atoms with Crippen LogP contribution in [0, 0.1) is 16.0 Å². The fourth-order valence-electron chi connectivity index (χ4n) is 2.92. The van der Waals surface area contributed by atoms with Gasteiger partial charge in [0.05, 0.1) is 4.92 Å². The fraction of sp³-hybridized carbons (Fsp3) is 0.412. The Bertz CT molecular complexity index is 745. The summed E-state index contributed by atoms with van der Waals surface area (Å²) in [5.74, 6) is 0.904. The molecule has 1 aliphatic rings. The van der Waals surface area contributed by atoms with Gasteiger partial charge in [0.25, 0.3) is 0 Å². The minimum Gasteiger partial charge on any atom is -0.334 e. The average Bonchev–Trinajstić information content (AvgIpc) is 2.58. The summed E-state index contributed by atoms with van der Waals surface area (Å²) >= 11 is 5.80. The summed E-state index contributed by atoms with van der Waals surface area (Å²) in [6.45, 7) is 5.49. The molecule has 2 aromatic rings. The molecule has 1 saturated heterocycles. The molecule has 1 aromatic carbocycles. The molecule has 1 aliphatic heterocycles. The Morgan fingerprint density at radius 2 is 1.96 bits per heavy atom. The number of likely N-dealkylation sites (tertiary alicyclic amines) is 1. The maximum Gasteiger partial charge on any atom is 0.348 e. The van der Waals surface area contributed by atoms with Gasteiger partial charge in [-0.3, -0.25) is 15.0 Å². The molecule has 1 N–H and O–H groups in total. The van der Waals surface area contributed by atoms with E-state index in [2.05, 4.69) is 27.1 Å². The molecule has 0 unspecified atom stereocenters. The number of nitro groups is 1. The van der Waals surface area contributed by atoms with Crippen LogP contribution in [0.25, 0.3) is 0 Å². The fourth-order valence-corrected chi connectivity index (χ4v) is 3.12. The lowest BCUT2D eigenvalue weighted by Crippen LogP contribution is -2.32. The average molecular weight is 362 g/mol. The molecule has 0 bridgehead atoms. The normalized spacial score (nSPS) is 15.9. The first-order valence-corrected chi connectivity index (χ1v) is 8.64. The van der Waals surface area contributed by atoms with E-state index in [1.54, 1.807) is 0 Å². The van der Waals surface area contributed by atoms with E-state index in [4.69, 9.17) is 11.6 Å². The quantitative estimate of drug-likeness (QED) is 0.492. The smallest absolute Gasteiger partial charge is 0.334 e. The molecule has 25 heavy (non-hydrogen) atoms. The standard InChI is InChI=1S/C17H20ClN5O2/c1-12-6-8-22(9-7-12)10-13-2-4-14(5-3-13)21-17-15(23(24)25)16(18)19-11-20-17/h2-5,11-12H,6-10H2,1H3,(H,19,20,21). The molecule has 0 aliphatic carbocycles. The van der Waals surface area contributed by atoms with Crippen LogP contribution in [0.2, 0.25) is 5.15 Å². The molecule has 0 radical (unpaired) electrons. The van der Waals surface area contributed by atoms with Crippen LogP contribution in [0.5, 0.6) is 0 Å². The number of hydrogen-bond donors (Lipinski definition) is 1. The van der Waals surface area contributed by atoms with Crippen LogP contribution < -0.4 is 5.32 Å². The van der Waals surface area contributed by atoms with E-state index in [0.717, 1.165) is 25.6 Å². The highest BCUT2D eigenvalue weighted by atomic mass is 35.5. The summed E-state index contributed by atoms with van der Waals surface area (Å²) in [7, 11) is 0. The van der Waals surface area contributed by atoms with Crippen LogP contribution in [-0.4, -0.2) is 32.9 Å². The monoisotopic (exact) mass is 361 g/mol. The van der Waals surface area contributed by atoms with Crippen LogP contribution in [0.3, 0.4) is 0 Å². The van der Waals surface area contributed by atoms with Gasteiger partial charge in [-0.05, 0) is 49.5 Å². The van der Waals surface area contributed by atoms with Gasteiger partial charge in [0.1, 0.15) is 6.33 Å². The summed E-state index contributed by atoms with van der Waals surface area (Å²) in [5.41, 5.74) is 1.61. The van der Waals surface area contributed by atoms with Gasteiger partial charge < -0.3 is 5.32 Å². The van der Waals surface area contributed by atoms with E-state index < -0.39 is 4.92 Å². The molecule has 0 saturated carbocycles. The molecule has 7 nitrogen and oxygen atoms in total. The Balaban J connectivity index is 1.67. The molecular weight excluding hydrogens is 342 g/mol. The van der Waals surface area contributed by atoms with Gasteiger partial charge in [0.15, 0.2) is 0 Å². The van der Waals surface area contributed by atoms with E-state index in [0.29, 0.717) is 5.69 Å². The van der Waals surface area contributed by atoms with Crippen molar-refractivity contribution in [3.05, 3.63) is 51.4 Å². The Labute approximate surface area is 151 Å². The molecule has 3 rings (SSSR count). The Kier molecular flexibility index (Phi) is 5.45. The molecule has 2 heterocycles. The highest BCUT2D eigenvalue weighted by molar-refractivity contribution is 6.31. The second kappa shape index (κ2) is 7.76. The second-order valence-corrected chi connectivity index (χ2v) is 6.76. The van der Waals surface area contributed by atoms with Crippen LogP contribution in [0.15, 0.2) is 30.6 Å². The lowest BCUT2D eigenvalue weighted by atomic mass is 9.99. The summed E-state index contributed by atoms with van der Waals surface area (Å²) in [6, 6.07) is 7.83. The predicted octanol–water partition coefficient (Wildman–Crippen LogP) is 4.01. The van der Waals surface area contributed by atoms with Gasteiger partial charge in [-0.1, -0.05) is 30.7 Å². The van der Waals surface area contributed by atoms with Crippen molar-refractivity contribution in [3.8, 4) is 0 Å². The minimum atomic E-state index is -0.587. The van der Waals surface area contributed by atoms with Crippen molar-refractivity contribution in [1.82, 2.24) is 14.9 Å². The van der Waals surface area contributed by atoms with Gasteiger partial charge in [-0.2, -0.15) is 0 Å². The van der Waals surface area contributed by atoms with E-state index in [1.807, 2.05) is 24.3 Å². The zero-order chi connectivity index (χ0) is 17.8. The molecule has 1 aromatic heterocycles. The van der Waals surface area contributed by atoms with Crippen molar-refractivity contribution < 1.29 is 4.92 Å². The molecular formula is C17H20ClN5O2. The van der Waals surface area contributed by atoms with E-state index in [1.165, 1.54) is 24.7 Å². The first kappa shape index (κ1) is 17.6. The highest BCUT2D eigenvalue weighted by Crippen LogP contribution is 2.30. The van der Waals surface area contributed by atoms with Crippen molar-refractivity contribution in [2.24, 2.45) is 5.92 Å². The van der Waals surface area contributed by atoms with Crippen LogP contribution in [0.4, 0.5) is 17.2 Å². The third kappa shape index (κ3) is 4.43. The number of nitrogens with zero attached hydrogens (tertiary/aromatic N) is 4. The van der Waals surface area contributed by atoms with Crippen molar-refractivity contribution in [3.63, 3.8) is 0 Å². The Morgan fingerprint density at radius 3 is 2.60 bits per heavy atom. The summed E-state index contributed by atoms with van der Waals surface area (Å²) in [5, 5.41) is 13.9. The number of aromatic nitrogens is 2. The maximum atomic E-state index is 11.1. The van der Waals surface area contributed by atoms with Gasteiger partial charge in [0.2, 0.25) is 11.0 Å². The third-order valence-corrected chi connectivity index (χ3v) is 4.74. The lowest BCUT2D eigenvalue weighted by Gasteiger charge is -2.30. The number of nitrogens with one attached hydrogen (secondary N) is 1. The van der Waals surface area contributed by atoms with Crippen LogP contribution in [-0.2, 0) is 6.54 Å². The van der Waals surface area contributed by atoms with Gasteiger partial charge in [-0.25, -0.2) is 9.97 Å². The zero-order valence-corrected chi connectivity index (χ0v) is 14.7. The topological polar surface area (TPSA) is 84.2 Å². The van der Waals surface area contributed by atoms with Crippen molar-refractivity contribution in [1.29, 1.82) is 0 Å². The SMILES string of the molecule is CC1CCN(Cc2ccc(Nc3ncnc(Cl)c3[N+](=O)[O-])cc2)CC1. The predicted molar refractivity (Wildman–Crippen MR) is 97.1 cm³/mol. The number of rotatable bonds is 5. The number of halogens is 1. The lowest BCUT2D eigenvalue weighted by molar-refractivity contribution is -0.384.